The topological polar surface area (TPSA) is 117 Å². The van der Waals surface area contributed by atoms with Gasteiger partial charge in [-0.2, -0.15) is 33.3 Å². The molecule has 170 valence electrons. The number of carbonyl (C=O) groups is 1. The fraction of sp³-hybridized carbons (Fsp3) is 0.105. The highest BCUT2D eigenvalue weighted by Gasteiger charge is 2.41. The average molecular weight is 481 g/mol. The first-order chi connectivity index (χ1) is 15.6. The van der Waals surface area contributed by atoms with Gasteiger partial charge in [-0.1, -0.05) is 11.6 Å². The molecule has 1 amide bonds. The molecule has 3 aromatic heterocycles. The maximum absolute atomic E-state index is 13.8. The van der Waals surface area contributed by atoms with Crippen LogP contribution in [-0.2, 0) is 6.18 Å². The van der Waals surface area contributed by atoms with Gasteiger partial charge >= 0.3 is 6.18 Å². The SMILES string of the molecule is Cc1cc(-n2nccn2)c(Cl)cc1NC(=O)c1cnn(-c2ccc(F)c(N)n2)c1C(F)(F)F. The fourth-order valence-electron chi connectivity index (χ4n) is 3.01. The molecule has 0 aliphatic rings. The molecular weight excluding hydrogens is 468 g/mol. The highest BCUT2D eigenvalue weighted by molar-refractivity contribution is 6.32. The molecule has 0 atom stereocenters. The highest BCUT2D eigenvalue weighted by atomic mass is 35.5. The number of aryl methyl sites for hydroxylation is 1. The van der Waals surface area contributed by atoms with Gasteiger partial charge in [-0.3, -0.25) is 4.79 Å². The van der Waals surface area contributed by atoms with Gasteiger partial charge in [0.1, 0.15) is 5.69 Å². The minimum Gasteiger partial charge on any atom is -0.381 e. The van der Waals surface area contributed by atoms with Crippen LogP contribution in [0.2, 0.25) is 5.02 Å². The zero-order chi connectivity index (χ0) is 23.9. The Labute approximate surface area is 187 Å². The molecule has 3 N–H and O–H groups in total. The van der Waals surface area contributed by atoms with E-state index in [9.17, 15) is 22.4 Å². The second-order valence-corrected chi connectivity index (χ2v) is 7.15. The number of pyridine rings is 1. The van der Waals surface area contributed by atoms with E-state index >= 15 is 0 Å². The van der Waals surface area contributed by atoms with Crippen LogP contribution in [0.15, 0.2) is 42.9 Å². The number of benzene rings is 1. The third-order valence-corrected chi connectivity index (χ3v) is 4.84. The molecule has 0 spiro atoms. The number of aromatic nitrogens is 6. The van der Waals surface area contributed by atoms with E-state index in [-0.39, 0.29) is 10.7 Å². The van der Waals surface area contributed by atoms with Gasteiger partial charge in [0.2, 0.25) is 0 Å². The Morgan fingerprint density at radius 2 is 1.85 bits per heavy atom. The summed E-state index contributed by atoms with van der Waals surface area (Å²) in [7, 11) is 0. The number of halogens is 5. The summed E-state index contributed by atoms with van der Waals surface area (Å²) in [5.74, 6) is -3.01. The number of carbonyl (C=O) groups excluding carboxylic acids is 1. The van der Waals surface area contributed by atoms with Gasteiger partial charge in [0, 0.05) is 5.69 Å². The zero-order valence-corrected chi connectivity index (χ0v) is 17.4. The van der Waals surface area contributed by atoms with Gasteiger partial charge < -0.3 is 11.1 Å². The van der Waals surface area contributed by atoms with Crippen LogP contribution in [0.5, 0.6) is 0 Å². The Balaban J connectivity index is 1.71. The summed E-state index contributed by atoms with van der Waals surface area (Å²) in [5.41, 5.74) is 4.26. The van der Waals surface area contributed by atoms with Crippen LogP contribution >= 0.6 is 11.6 Å². The molecular formula is C19H13ClF4N8O. The van der Waals surface area contributed by atoms with Crippen LogP contribution in [0.3, 0.4) is 0 Å². The number of nitrogens with two attached hydrogens (primary N) is 1. The van der Waals surface area contributed by atoms with E-state index in [1.807, 2.05) is 0 Å². The molecule has 0 bridgehead atoms. The van der Waals surface area contributed by atoms with Gasteiger partial charge in [0.25, 0.3) is 5.91 Å². The predicted octanol–water partition coefficient (Wildman–Crippen LogP) is 3.80. The first-order valence-corrected chi connectivity index (χ1v) is 9.50. The van der Waals surface area contributed by atoms with Crippen molar-refractivity contribution >= 4 is 29.0 Å². The molecule has 0 aliphatic carbocycles. The lowest BCUT2D eigenvalue weighted by Crippen LogP contribution is -2.21. The summed E-state index contributed by atoms with van der Waals surface area (Å²) in [6, 6.07) is 4.74. The van der Waals surface area contributed by atoms with E-state index < -0.39 is 40.8 Å². The van der Waals surface area contributed by atoms with Gasteiger partial charge in [-0.15, -0.1) is 0 Å². The van der Waals surface area contributed by atoms with Gasteiger partial charge in [0.15, 0.2) is 23.1 Å². The van der Waals surface area contributed by atoms with Crippen LogP contribution in [-0.4, -0.2) is 35.7 Å². The lowest BCUT2D eigenvalue weighted by molar-refractivity contribution is -0.143. The van der Waals surface area contributed by atoms with E-state index in [2.05, 4.69) is 25.6 Å². The van der Waals surface area contributed by atoms with Crippen molar-refractivity contribution in [1.29, 1.82) is 0 Å². The minimum absolute atomic E-state index is 0.157. The second kappa shape index (κ2) is 8.16. The first-order valence-electron chi connectivity index (χ1n) is 9.12. The third-order valence-electron chi connectivity index (χ3n) is 4.53. The highest BCUT2D eigenvalue weighted by Crippen LogP contribution is 2.34. The van der Waals surface area contributed by atoms with Gasteiger partial charge in [-0.05, 0) is 36.8 Å². The average Bonchev–Trinajstić information content (AvgIpc) is 3.42. The molecule has 3 heterocycles. The number of anilines is 2. The van der Waals surface area contributed by atoms with Crippen molar-refractivity contribution < 1.29 is 22.4 Å². The molecule has 4 aromatic rings. The normalized spacial score (nSPS) is 11.6. The number of alkyl halides is 3. The summed E-state index contributed by atoms with van der Waals surface area (Å²) in [5, 5.41) is 14.1. The summed E-state index contributed by atoms with van der Waals surface area (Å²) < 4.78 is 55.3. The fourth-order valence-corrected chi connectivity index (χ4v) is 3.25. The quantitative estimate of drug-likeness (QED) is 0.429. The van der Waals surface area contributed by atoms with Crippen molar-refractivity contribution in [2.75, 3.05) is 11.1 Å². The standard InChI is InChI=1S/C19H13ClF4N8O/c1-9-6-14(32-26-4-5-27-32)11(20)7-13(9)29-18(33)10-8-28-31(16(10)19(22,23)24)15-3-2-12(21)17(25)30-15/h2-8H,1H3,(H2,25,30)(H,29,33). The number of amides is 1. The van der Waals surface area contributed by atoms with Crippen LogP contribution in [0.25, 0.3) is 11.5 Å². The molecule has 4 rings (SSSR count). The van der Waals surface area contributed by atoms with E-state index in [0.717, 1.165) is 18.3 Å². The summed E-state index contributed by atoms with van der Waals surface area (Å²) in [6.07, 6.45) is -1.36. The molecule has 0 fully saturated rings. The lowest BCUT2D eigenvalue weighted by atomic mass is 10.1. The van der Waals surface area contributed by atoms with E-state index in [0.29, 0.717) is 15.9 Å². The largest absolute Gasteiger partial charge is 0.434 e. The Hall–Kier alpha value is -4.00. The maximum Gasteiger partial charge on any atom is 0.434 e. The Kier molecular flexibility index (Phi) is 5.49. The molecule has 9 nitrogen and oxygen atoms in total. The monoisotopic (exact) mass is 480 g/mol. The molecule has 14 heteroatoms. The molecule has 0 saturated carbocycles. The Bertz CT molecular complexity index is 1350. The third kappa shape index (κ3) is 4.22. The van der Waals surface area contributed by atoms with E-state index in [4.69, 9.17) is 17.3 Å². The van der Waals surface area contributed by atoms with Crippen molar-refractivity contribution in [3.05, 3.63) is 70.5 Å². The molecule has 1 aromatic carbocycles. The number of hydrogen-bond acceptors (Lipinski definition) is 6. The zero-order valence-electron chi connectivity index (χ0n) is 16.6. The number of rotatable bonds is 4. The number of nitrogens with zero attached hydrogens (tertiary/aromatic N) is 6. The molecule has 0 aliphatic heterocycles. The van der Waals surface area contributed by atoms with Crippen LogP contribution in [0, 0.1) is 12.7 Å². The number of nitrogens with one attached hydrogen (secondary N) is 1. The summed E-state index contributed by atoms with van der Waals surface area (Å²) in [4.78, 5) is 17.6. The summed E-state index contributed by atoms with van der Waals surface area (Å²) in [6.45, 7) is 1.62. The number of nitrogen functional groups attached to an aromatic ring is 1. The smallest absolute Gasteiger partial charge is 0.381 e. The predicted molar refractivity (Wildman–Crippen MR) is 110 cm³/mol. The van der Waals surface area contributed by atoms with Crippen molar-refractivity contribution in [3.63, 3.8) is 0 Å². The van der Waals surface area contributed by atoms with Crippen molar-refractivity contribution in [2.45, 2.75) is 13.1 Å². The summed E-state index contributed by atoms with van der Waals surface area (Å²) >= 11 is 6.24. The van der Waals surface area contributed by atoms with Gasteiger partial charge in [0.05, 0.1) is 29.2 Å². The van der Waals surface area contributed by atoms with Crippen LogP contribution in [0.1, 0.15) is 21.6 Å². The molecule has 0 saturated heterocycles. The molecule has 33 heavy (non-hydrogen) atoms. The molecule has 0 radical (unpaired) electrons. The Morgan fingerprint density at radius 3 is 2.48 bits per heavy atom. The van der Waals surface area contributed by atoms with Crippen LogP contribution in [0.4, 0.5) is 29.1 Å². The van der Waals surface area contributed by atoms with Crippen molar-refractivity contribution in [1.82, 2.24) is 29.8 Å². The van der Waals surface area contributed by atoms with E-state index in [1.165, 1.54) is 23.3 Å². The van der Waals surface area contributed by atoms with Gasteiger partial charge in [-0.25, -0.2) is 14.1 Å². The van der Waals surface area contributed by atoms with Crippen LogP contribution < -0.4 is 11.1 Å². The van der Waals surface area contributed by atoms with E-state index in [1.54, 1.807) is 13.0 Å². The van der Waals surface area contributed by atoms with Crippen molar-refractivity contribution in [3.8, 4) is 11.5 Å². The molecule has 0 unspecified atom stereocenters. The first kappa shape index (κ1) is 22.2. The lowest BCUT2D eigenvalue weighted by Gasteiger charge is -2.14. The second-order valence-electron chi connectivity index (χ2n) is 6.74. The number of hydrogen-bond donors (Lipinski definition) is 2. The minimum atomic E-state index is -4.99. The Morgan fingerprint density at radius 1 is 1.15 bits per heavy atom. The maximum atomic E-state index is 13.8. The van der Waals surface area contributed by atoms with Crippen molar-refractivity contribution in [2.24, 2.45) is 0 Å².